The van der Waals surface area contributed by atoms with Gasteiger partial charge in [0.1, 0.15) is 5.75 Å². The topological polar surface area (TPSA) is 67.4 Å². The average Bonchev–Trinajstić information content (AvgIpc) is 2.55. The fourth-order valence-electron chi connectivity index (χ4n) is 2.12. The van der Waals surface area contributed by atoms with E-state index in [0.717, 1.165) is 18.6 Å². The molecule has 0 aromatic heterocycles. The lowest BCUT2D eigenvalue weighted by atomic mass is 10.2. The fraction of sp³-hybridized carbons (Fsp3) is 0.263. The van der Waals surface area contributed by atoms with E-state index < -0.39 is 0 Å². The molecule has 0 saturated carbocycles. The Hall–Kier alpha value is -2.82. The van der Waals surface area contributed by atoms with Crippen LogP contribution in [0, 0.1) is 0 Å². The number of carbonyl (C=O) groups excluding carboxylic acids is 2. The predicted octanol–water partition coefficient (Wildman–Crippen LogP) is 4.08. The van der Waals surface area contributed by atoms with Crippen LogP contribution >= 0.6 is 0 Å². The fourth-order valence-corrected chi connectivity index (χ4v) is 2.12. The van der Waals surface area contributed by atoms with Crippen molar-refractivity contribution in [1.29, 1.82) is 0 Å². The van der Waals surface area contributed by atoms with Crippen LogP contribution in [-0.4, -0.2) is 18.4 Å². The molecule has 0 spiro atoms. The van der Waals surface area contributed by atoms with Crippen molar-refractivity contribution in [3.63, 3.8) is 0 Å². The van der Waals surface area contributed by atoms with Crippen molar-refractivity contribution in [2.75, 3.05) is 17.2 Å². The summed E-state index contributed by atoms with van der Waals surface area (Å²) in [7, 11) is 0. The van der Waals surface area contributed by atoms with E-state index in [1.54, 1.807) is 48.5 Å². The van der Waals surface area contributed by atoms with Crippen molar-refractivity contribution in [2.24, 2.45) is 0 Å². The van der Waals surface area contributed by atoms with Crippen LogP contribution in [0.15, 0.2) is 48.5 Å². The molecule has 5 nitrogen and oxygen atoms in total. The third-order valence-corrected chi connectivity index (χ3v) is 3.32. The van der Waals surface area contributed by atoms with Crippen LogP contribution in [0.25, 0.3) is 0 Å². The van der Waals surface area contributed by atoms with Gasteiger partial charge in [0.2, 0.25) is 5.91 Å². The molecule has 0 heterocycles. The summed E-state index contributed by atoms with van der Waals surface area (Å²) >= 11 is 0. The van der Waals surface area contributed by atoms with Crippen LogP contribution in [0.1, 0.15) is 37.0 Å². The number of hydrogen-bond acceptors (Lipinski definition) is 3. The molecule has 2 aromatic carbocycles. The predicted molar refractivity (Wildman–Crippen MR) is 95.5 cm³/mol. The van der Waals surface area contributed by atoms with E-state index in [9.17, 15) is 9.59 Å². The molecule has 2 rings (SSSR count). The standard InChI is InChI=1S/C19H22N2O3/c1-3-4-12-24-18-10-8-15(9-11-18)19(23)21-17-7-5-6-16(13-17)20-14(2)22/h5-11,13H,3-4,12H2,1-2H3,(H,20,22)(H,21,23). The lowest BCUT2D eigenvalue weighted by molar-refractivity contribution is -0.114. The normalized spacial score (nSPS) is 10.1. The molecule has 0 atom stereocenters. The molecule has 2 amide bonds. The Kier molecular flexibility index (Phi) is 6.37. The zero-order valence-corrected chi connectivity index (χ0v) is 14.0. The van der Waals surface area contributed by atoms with Gasteiger partial charge >= 0.3 is 0 Å². The first-order chi connectivity index (χ1) is 11.6. The van der Waals surface area contributed by atoms with E-state index in [-0.39, 0.29) is 11.8 Å². The summed E-state index contributed by atoms with van der Waals surface area (Å²) in [5.74, 6) is 0.389. The molecule has 0 radical (unpaired) electrons. The van der Waals surface area contributed by atoms with Gasteiger partial charge in [0.15, 0.2) is 0 Å². The third kappa shape index (κ3) is 5.43. The van der Waals surface area contributed by atoms with Crippen molar-refractivity contribution < 1.29 is 14.3 Å². The van der Waals surface area contributed by atoms with Gasteiger partial charge in [-0.1, -0.05) is 19.4 Å². The van der Waals surface area contributed by atoms with Gasteiger partial charge in [-0.2, -0.15) is 0 Å². The SMILES string of the molecule is CCCCOc1ccc(C(=O)Nc2cccc(NC(C)=O)c2)cc1. The maximum atomic E-state index is 12.3. The van der Waals surface area contributed by atoms with E-state index in [4.69, 9.17) is 4.74 Å². The van der Waals surface area contributed by atoms with E-state index >= 15 is 0 Å². The Balaban J connectivity index is 1.98. The number of benzene rings is 2. The van der Waals surface area contributed by atoms with Gasteiger partial charge in [0, 0.05) is 23.9 Å². The van der Waals surface area contributed by atoms with Crippen LogP contribution in [0.3, 0.4) is 0 Å². The molecule has 2 aromatic rings. The Morgan fingerprint density at radius 2 is 1.67 bits per heavy atom. The highest BCUT2D eigenvalue weighted by Crippen LogP contribution is 2.17. The number of amides is 2. The largest absolute Gasteiger partial charge is 0.494 e. The maximum Gasteiger partial charge on any atom is 0.255 e. The third-order valence-electron chi connectivity index (χ3n) is 3.32. The number of rotatable bonds is 7. The van der Waals surface area contributed by atoms with Crippen LogP contribution in [0.4, 0.5) is 11.4 Å². The molecule has 0 bridgehead atoms. The zero-order valence-electron chi connectivity index (χ0n) is 14.0. The number of unbranched alkanes of at least 4 members (excludes halogenated alkanes) is 1. The monoisotopic (exact) mass is 326 g/mol. The molecular formula is C19H22N2O3. The highest BCUT2D eigenvalue weighted by Gasteiger charge is 2.07. The Morgan fingerprint density at radius 1 is 1.00 bits per heavy atom. The lowest BCUT2D eigenvalue weighted by Gasteiger charge is -2.09. The molecule has 0 fully saturated rings. The molecule has 5 heteroatoms. The summed E-state index contributed by atoms with van der Waals surface area (Å²) in [6.07, 6.45) is 2.09. The summed E-state index contributed by atoms with van der Waals surface area (Å²) in [5, 5.41) is 5.50. The average molecular weight is 326 g/mol. The van der Waals surface area contributed by atoms with Gasteiger partial charge in [-0.15, -0.1) is 0 Å². The van der Waals surface area contributed by atoms with Crippen LogP contribution in [0.5, 0.6) is 5.75 Å². The molecule has 0 aliphatic heterocycles. The molecular weight excluding hydrogens is 304 g/mol. The molecule has 0 aliphatic rings. The maximum absolute atomic E-state index is 12.3. The van der Waals surface area contributed by atoms with Gasteiger partial charge in [-0.05, 0) is 48.9 Å². The van der Waals surface area contributed by atoms with Gasteiger partial charge in [-0.3, -0.25) is 9.59 Å². The van der Waals surface area contributed by atoms with Gasteiger partial charge in [-0.25, -0.2) is 0 Å². The zero-order chi connectivity index (χ0) is 17.4. The van der Waals surface area contributed by atoms with Crippen molar-refractivity contribution in [3.05, 3.63) is 54.1 Å². The second kappa shape index (κ2) is 8.72. The molecule has 2 N–H and O–H groups in total. The summed E-state index contributed by atoms with van der Waals surface area (Å²) in [6.45, 7) is 4.23. The van der Waals surface area contributed by atoms with Crippen LogP contribution < -0.4 is 15.4 Å². The quantitative estimate of drug-likeness (QED) is 0.754. The molecule has 24 heavy (non-hydrogen) atoms. The number of carbonyl (C=O) groups is 2. The summed E-state index contributed by atoms with van der Waals surface area (Å²) < 4.78 is 5.58. The smallest absolute Gasteiger partial charge is 0.255 e. The minimum Gasteiger partial charge on any atom is -0.494 e. The van der Waals surface area contributed by atoms with Crippen molar-refractivity contribution >= 4 is 23.2 Å². The first-order valence-electron chi connectivity index (χ1n) is 8.00. The second-order valence-corrected chi connectivity index (χ2v) is 5.44. The summed E-state index contributed by atoms with van der Waals surface area (Å²) in [4.78, 5) is 23.4. The molecule has 126 valence electrons. The Labute approximate surface area is 142 Å². The summed E-state index contributed by atoms with van der Waals surface area (Å²) in [5.41, 5.74) is 1.80. The van der Waals surface area contributed by atoms with Gasteiger partial charge in [0.25, 0.3) is 5.91 Å². The highest BCUT2D eigenvalue weighted by atomic mass is 16.5. The Morgan fingerprint density at radius 3 is 2.29 bits per heavy atom. The van der Waals surface area contributed by atoms with Crippen molar-refractivity contribution in [3.8, 4) is 5.75 Å². The number of ether oxygens (including phenoxy) is 1. The first kappa shape index (κ1) is 17.5. The lowest BCUT2D eigenvalue weighted by Crippen LogP contribution is -2.12. The minimum absolute atomic E-state index is 0.155. The van der Waals surface area contributed by atoms with Crippen molar-refractivity contribution in [2.45, 2.75) is 26.7 Å². The number of hydrogen-bond donors (Lipinski definition) is 2. The minimum atomic E-state index is -0.213. The van der Waals surface area contributed by atoms with Crippen LogP contribution in [-0.2, 0) is 4.79 Å². The second-order valence-electron chi connectivity index (χ2n) is 5.44. The van der Waals surface area contributed by atoms with Gasteiger partial charge < -0.3 is 15.4 Å². The van der Waals surface area contributed by atoms with Gasteiger partial charge in [0.05, 0.1) is 6.61 Å². The molecule has 0 unspecified atom stereocenters. The van der Waals surface area contributed by atoms with Crippen molar-refractivity contribution in [1.82, 2.24) is 0 Å². The number of anilines is 2. The van der Waals surface area contributed by atoms with E-state index in [2.05, 4.69) is 17.6 Å². The summed E-state index contributed by atoms with van der Waals surface area (Å²) in [6, 6.07) is 14.1. The highest BCUT2D eigenvalue weighted by molar-refractivity contribution is 6.04. The van der Waals surface area contributed by atoms with E-state index in [1.165, 1.54) is 6.92 Å². The molecule has 0 saturated heterocycles. The number of nitrogens with one attached hydrogen (secondary N) is 2. The molecule has 0 aliphatic carbocycles. The van der Waals surface area contributed by atoms with E-state index in [0.29, 0.717) is 23.5 Å². The van der Waals surface area contributed by atoms with Crippen LogP contribution in [0.2, 0.25) is 0 Å². The first-order valence-corrected chi connectivity index (χ1v) is 8.00. The van der Waals surface area contributed by atoms with E-state index in [1.807, 2.05) is 0 Å². The Bertz CT molecular complexity index is 696.